The van der Waals surface area contributed by atoms with Crippen LogP contribution < -0.4 is 0 Å². The number of benzene rings is 8. The number of aromatic nitrogens is 3. The lowest BCUT2D eigenvalue weighted by atomic mass is 9.92. The van der Waals surface area contributed by atoms with Gasteiger partial charge in [-0.1, -0.05) is 139 Å². The molecule has 4 heteroatoms. The molecule has 8 aromatic carbocycles. The molecule has 228 valence electrons. The SMILES string of the molecule is [2H]c1c([2H])c([2H])c(-c2nc(-c3ccc4oc5cc(-c6cccc7ccccc67)c6ccccc6c5c4c3)nc(-c3c([2H])c([2H])c([2H])c4c([2H])c([2H])c([2H])c([2H])c34)n2)c([2H])c1[2H]. The normalized spacial score (nSPS) is 15.1. The van der Waals surface area contributed by atoms with Gasteiger partial charge in [0.2, 0.25) is 0 Å². The standard InChI is InChI=1S/C45H27N3O/c1-2-14-30(15-3-1)43-46-44(48-45(47-43)37-23-11-17-29-13-5-7-19-33(29)37)31-24-25-40-39(26-31)42-36-21-9-8-20-35(36)38(27-41(42)49-40)34-22-10-16-28-12-4-6-18-32(28)34/h1-27H/i1D,2D,3D,5D,7D,11D,13D,14D,15D,17D,19D,23D. The highest BCUT2D eigenvalue weighted by atomic mass is 16.3. The van der Waals surface area contributed by atoms with E-state index in [9.17, 15) is 0 Å². The highest BCUT2D eigenvalue weighted by Crippen LogP contribution is 2.42. The van der Waals surface area contributed by atoms with E-state index < -0.39 is 72.5 Å². The number of furan rings is 1. The zero-order valence-corrected chi connectivity index (χ0v) is 25.4. The Bertz CT molecular complexity index is 3550. The number of hydrogen-bond acceptors (Lipinski definition) is 4. The lowest BCUT2D eigenvalue weighted by Crippen LogP contribution is -2.00. The summed E-state index contributed by atoms with van der Waals surface area (Å²) in [4.78, 5) is 13.9. The van der Waals surface area contributed by atoms with Crippen LogP contribution in [0.4, 0.5) is 0 Å². The van der Waals surface area contributed by atoms with Crippen LogP contribution in [-0.4, -0.2) is 15.0 Å². The van der Waals surface area contributed by atoms with Gasteiger partial charge in [0.25, 0.3) is 0 Å². The van der Waals surface area contributed by atoms with Gasteiger partial charge in [-0.2, -0.15) is 0 Å². The van der Waals surface area contributed by atoms with Gasteiger partial charge in [-0.15, -0.1) is 0 Å². The van der Waals surface area contributed by atoms with Crippen LogP contribution in [0.1, 0.15) is 16.4 Å². The van der Waals surface area contributed by atoms with Gasteiger partial charge in [-0.25, -0.2) is 15.0 Å². The van der Waals surface area contributed by atoms with E-state index in [0.717, 1.165) is 38.1 Å². The van der Waals surface area contributed by atoms with E-state index in [1.807, 2.05) is 42.5 Å². The quantitative estimate of drug-likeness (QED) is 0.193. The highest BCUT2D eigenvalue weighted by molar-refractivity contribution is 6.23. The number of nitrogens with zero attached hydrogens (tertiary/aromatic N) is 3. The van der Waals surface area contributed by atoms with Crippen molar-refractivity contribution in [2.75, 3.05) is 0 Å². The van der Waals surface area contributed by atoms with E-state index in [1.165, 1.54) is 0 Å². The maximum Gasteiger partial charge on any atom is 0.164 e. The Hall–Kier alpha value is -6.65. The molecule has 0 amide bonds. The van der Waals surface area contributed by atoms with Crippen molar-refractivity contribution in [3.63, 3.8) is 0 Å². The Morgan fingerprint density at radius 2 is 1.12 bits per heavy atom. The third kappa shape index (κ3) is 4.49. The summed E-state index contributed by atoms with van der Waals surface area (Å²) in [6.45, 7) is 0. The van der Waals surface area contributed by atoms with Gasteiger partial charge in [-0.05, 0) is 67.7 Å². The van der Waals surface area contributed by atoms with E-state index >= 15 is 0 Å². The first-order valence-corrected chi connectivity index (χ1v) is 15.5. The number of fused-ring (bicyclic) bond motifs is 7. The van der Waals surface area contributed by atoms with Crippen LogP contribution in [0.2, 0.25) is 0 Å². The highest BCUT2D eigenvalue weighted by Gasteiger charge is 2.19. The Balaban J connectivity index is 1.28. The summed E-state index contributed by atoms with van der Waals surface area (Å²) in [5.74, 6) is -0.827. The summed E-state index contributed by atoms with van der Waals surface area (Å²) < 4.78 is 110. The van der Waals surface area contributed by atoms with Gasteiger partial charge >= 0.3 is 0 Å². The van der Waals surface area contributed by atoms with Crippen LogP contribution in [0.25, 0.3) is 99.5 Å². The minimum absolute atomic E-state index is 0.0744. The van der Waals surface area contributed by atoms with Crippen molar-refractivity contribution in [3.05, 3.63) is 164 Å². The van der Waals surface area contributed by atoms with Crippen molar-refractivity contribution in [2.45, 2.75) is 0 Å². The van der Waals surface area contributed by atoms with Crippen LogP contribution in [0.5, 0.6) is 0 Å². The monoisotopic (exact) mass is 637 g/mol. The molecule has 0 radical (unpaired) electrons. The van der Waals surface area contributed by atoms with Gasteiger partial charge in [0, 0.05) is 27.5 Å². The first-order chi connectivity index (χ1) is 29.3. The van der Waals surface area contributed by atoms with Crippen LogP contribution >= 0.6 is 0 Å². The van der Waals surface area contributed by atoms with Gasteiger partial charge in [0.1, 0.15) is 11.2 Å². The Morgan fingerprint density at radius 3 is 2.02 bits per heavy atom. The van der Waals surface area contributed by atoms with E-state index in [2.05, 4.69) is 40.3 Å². The molecule has 0 aliphatic heterocycles. The van der Waals surface area contributed by atoms with Crippen molar-refractivity contribution < 1.29 is 20.9 Å². The molecule has 2 aromatic heterocycles. The zero-order valence-electron chi connectivity index (χ0n) is 37.4. The molecule has 0 aliphatic rings. The maximum absolute atomic E-state index is 9.02. The molecule has 10 aromatic rings. The average Bonchev–Trinajstić information content (AvgIpc) is 3.65. The first-order valence-electron chi connectivity index (χ1n) is 21.5. The molecule has 0 atom stereocenters. The van der Waals surface area contributed by atoms with E-state index in [1.54, 1.807) is 18.2 Å². The van der Waals surface area contributed by atoms with E-state index in [4.69, 9.17) is 25.9 Å². The van der Waals surface area contributed by atoms with Gasteiger partial charge in [0.05, 0.1) is 16.4 Å². The largest absolute Gasteiger partial charge is 0.456 e. The second-order valence-electron chi connectivity index (χ2n) is 11.5. The Labute approximate surface area is 298 Å². The minimum Gasteiger partial charge on any atom is -0.456 e. The lowest BCUT2D eigenvalue weighted by Gasteiger charge is -2.11. The summed E-state index contributed by atoms with van der Waals surface area (Å²) in [7, 11) is 0. The summed E-state index contributed by atoms with van der Waals surface area (Å²) in [5, 5.41) is 4.95. The lowest BCUT2D eigenvalue weighted by molar-refractivity contribution is 0.669. The van der Waals surface area contributed by atoms with Gasteiger partial charge < -0.3 is 4.42 Å². The summed E-state index contributed by atoms with van der Waals surface area (Å²) in [6.07, 6.45) is 0. The molecule has 0 aliphatic carbocycles. The molecule has 10 rings (SSSR count). The first kappa shape index (κ1) is 18.0. The summed E-state index contributed by atoms with van der Waals surface area (Å²) in [6, 6.07) is 22.1. The van der Waals surface area contributed by atoms with Gasteiger partial charge in [0.15, 0.2) is 17.5 Å². The average molecular weight is 638 g/mol. The Morgan fingerprint density at radius 1 is 0.408 bits per heavy atom. The van der Waals surface area contributed by atoms with Crippen LogP contribution in [0.3, 0.4) is 0 Å². The summed E-state index contributed by atoms with van der Waals surface area (Å²) in [5.41, 5.74) is 2.85. The molecule has 0 N–H and O–H groups in total. The third-order valence-corrected chi connectivity index (χ3v) is 8.71. The minimum atomic E-state index is -0.653. The van der Waals surface area contributed by atoms with Crippen LogP contribution in [0.15, 0.2) is 168 Å². The van der Waals surface area contributed by atoms with Crippen molar-refractivity contribution >= 4 is 54.3 Å². The van der Waals surface area contributed by atoms with Crippen molar-refractivity contribution in [1.29, 1.82) is 0 Å². The fourth-order valence-electron chi connectivity index (χ4n) is 6.53. The maximum atomic E-state index is 9.02. The molecule has 0 saturated heterocycles. The van der Waals surface area contributed by atoms with E-state index in [0.29, 0.717) is 22.1 Å². The fourth-order valence-corrected chi connectivity index (χ4v) is 6.53. The molecule has 4 nitrogen and oxygen atoms in total. The van der Waals surface area contributed by atoms with Crippen LogP contribution in [0, 0.1) is 0 Å². The molecular weight excluding hydrogens is 599 g/mol. The second kappa shape index (κ2) is 11.0. The smallest absolute Gasteiger partial charge is 0.164 e. The molecule has 2 heterocycles. The third-order valence-electron chi connectivity index (χ3n) is 8.71. The van der Waals surface area contributed by atoms with Crippen molar-refractivity contribution in [1.82, 2.24) is 15.0 Å². The molecular formula is C45H27N3O. The molecule has 0 bridgehead atoms. The predicted molar refractivity (Wildman–Crippen MR) is 201 cm³/mol. The molecule has 0 unspecified atom stereocenters. The number of hydrogen-bond donors (Lipinski definition) is 0. The molecule has 49 heavy (non-hydrogen) atoms. The fraction of sp³-hybridized carbons (Fsp3) is 0. The predicted octanol–water partition coefficient (Wildman–Crippen LogP) is 11.9. The van der Waals surface area contributed by atoms with Crippen molar-refractivity contribution in [3.8, 4) is 45.3 Å². The zero-order chi connectivity index (χ0) is 42.8. The summed E-state index contributed by atoms with van der Waals surface area (Å²) >= 11 is 0. The van der Waals surface area contributed by atoms with Gasteiger partial charge in [-0.3, -0.25) is 0 Å². The number of rotatable bonds is 4. The molecule has 0 saturated carbocycles. The van der Waals surface area contributed by atoms with E-state index in [-0.39, 0.29) is 39.4 Å². The van der Waals surface area contributed by atoms with Crippen LogP contribution in [-0.2, 0) is 0 Å². The Kier molecular flexibility index (Phi) is 4.04. The molecule has 0 spiro atoms. The second-order valence-corrected chi connectivity index (χ2v) is 11.5. The molecule has 0 fully saturated rings. The topological polar surface area (TPSA) is 51.8 Å². The van der Waals surface area contributed by atoms with Crippen molar-refractivity contribution in [2.24, 2.45) is 0 Å².